The van der Waals surface area contributed by atoms with Crippen LogP contribution in [0.5, 0.6) is 0 Å². The number of amides is 1. The number of rotatable bonds is 5. The molecule has 3 nitrogen and oxygen atoms in total. The van der Waals surface area contributed by atoms with Crippen molar-refractivity contribution in [2.24, 2.45) is 5.41 Å². The zero-order valence-electron chi connectivity index (χ0n) is 12.7. The molecule has 122 valence electrons. The first-order valence-electron chi connectivity index (χ1n) is 7.25. The average Bonchev–Trinajstić information content (AvgIpc) is 2.84. The Bertz CT molecular complexity index is 537. The van der Waals surface area contributed by atoms with E-state index in [4.69, 9.17) is 11.6 Å². The van der Waals surface area contributed by atoms with Gasteiger partial charge in [0.05, 0.1) is 6.10 Å². The number of ether oxygens (including phenoxy) is 1. The first kappa shape index (κ1) is 17.2. The summed E-state index contributed by atoms with van der Waals surface area (Å²) in [6.45, 7) is 1.60. The summed E-state index contributed by atoms with van der Waals surface area (Å²) in [5.41, 5.74) is 0.357. The monoisotopic (exact) mass is 331 g/mol. The number of halogens is 3. The van der Waals surface area contributed by atoms with Gasteiger partial charge in [-0.05, 0) is 30.5 Å². The molecule has 0 aromatic heterocycles. The Balaban J connectivity index is 1.99. The molecule has 1 amide bonds. The van der Waals surface area contributed by atoms with Crippen LogP contribution in [0.3, 0.4) is 0 Å². The second-order valence-corrected chi connectivity index (χ2v) is 6.69. The summed E-state index contributed by atoms with van der Waals surface area (Å²) in [6.07, 6.45) is 0.415. The molecule has 0 aliphatic carbocycles. The smallest absolute Gasteiger partial charge is 0.340 e. The standard InChI is InChI=1S/C16H20ClF2NO2/c1-16(2,9-11-4-3-5-12(17)8-11)14(21)20-7-6-13(10-20)22-15(18)19/h3-5,8,13,15H,6-7,9-10H2,1-2H3/t13-/m0/s1. The van der Waals surface area contributed by atoms with Crippen molar-refractivity contribution >= 4 is 17.5 Å². The molecule has 0 saturated carbocycles. The summed E-state index contributed by atoms with van der Waals surface area (Å²) in [5, 5.41) is 0.632. The van der Waals surface area contributed by atoms with E-state index in [9.17, 15) is 13.6 Å². The number of benzene rings is 1. The third kappa shape index (κ3) is 4.40. The molecular formula is C16H20ClF2NO2. The van der Waals surface area contributed by atoms with Crippen LogP contribution in [0.15, 0.2) is 24.3 Å². The van der Waals surface area contributed by atoms with Gasteiger partial charge in [0.1, 0.15) is 0 Å². The van der Waals surface area contributed by atoms with Crippen molar-refractivity contribution in [2.75, 3.05) is 13.1 Å². The van der Waals surface area contributed by atoms with Gasteiger partial charge >= 0.3 is 6.61 Å². The van der Waals surface area contributed by atoms with E-state index in [1.54, 1.807) is 11.0 Å². The summed E-state index contributed by atoms with van der Waals surface area (Å²) in [7, 11) is 0. The molecule has 1 atom stereocenters. The molecule has 1 fully saturated rings. The van der Waals surface area contributed by atoms with Gasteiger partial charge in [0.25, 0.3) is 0 Å². The molecule has 0 spiro atoms. The normalized spacial score (nSPS) is 19.0. The first-order chi connectivity index (χ1) is 10.3. The van der Waals surface area contributed by atoms with Crippen LogP contribution in [-0.4, -0.2) is 36.6 Å². The minimum Gasteiger partial charge on any atom is -0.340 e. The van der Waals surface area contributed by atoms with Crippen molar-refractivity contribution in [3.63, 3.8) is 0 Å². The maximum absolute atomic E-state index is 12.6. The predicted octanol–water partition coefficient (Wildman–Crippen LogP) is 3.75. The second kappa shape index (κ2) is 6.92. The molecule has 22 heavy (non-hydrogen) atoms. The van der Waals surface area contributed by atoms with Crippen molar-refractivity contribution in [3.8, 4) is 0 Å². The van der Waals surface area contributed by atoms with E-state index in [0.717, 1.165) is 5.56 Å². The first-order valence-corrected chi connectivity index (χ1v) is 7.63. The Hall–Kier alpha value is -1.20. The van der Waals surface area contributed by atoms with Crippen molar-refractivity contribution in [3.05, 3.63) is 34.9 Å². The van der Waals surface area contributed by atoms with Gasteiger partial charge in [-0.15, -0.1) is 0 Å². The van der Waals surface area contributed by atoms with Gasteiger partial charge in [0.15, 0.2) is 0 Å². The molecule has 1 aliphatic rings. The molecule has 6 heteroatoms. The van der Waals surface area contributed by atoms with Gasteiger partial charge in [-0.2, -0.15) is 8.78 Å². The van der Waals surface area contributed by atoms with Crippen molar-refractivity contribution < 1.29 is 18.3 Å². The Labute approximate surface area is 134 Å². The fraction of sp³-hybridized carbons (Fsp3) is 0.562. The molecule has 1 heterocycles. The number of nitrogens with zero attached hydrogens (tertiary/aromatic N) is 1. The molecule has 0 unspecified atom stereocenters. The molecule has 1 aromatic rings. The molecule has 0 bridgehead atoms. The maximum Gasteiger partial charge on any atom is 0.345 e. The lowest BCUT2D eigenvalue weighted by atomic mass is 9.84. The van der Waals surface area contributed by atoms with Crippen LogP contribution in [-0.2, 0) is 16.0 Å². The van der Waals surface area contributed by atoms with E-state index in [2.05, 4.69) is 4.74 Å². The van der Waals surface area contributed by atoms with Crippen LogP contribution >= 0.6 is 11.6 Å². The van der Waals surface area contributed by atoms with Gasteiger partial charge < -0.3 is 9.64 Å². The number of carbonyl (C=O) groups is 1. The van der Waals surface area contributed by atoms with Crippen LogP contribution in [0.25, 0.3) is 0 Å². The Morgan fingerprint density at radius 2 is 2.23 bits per heavy atom. The third-order valence-electron chi connectivity index (χ3n) is 3.84. The average molecular weight is 332 g/mol. The van der Waals surface area contributed by atoms with Crippen LogP contribution in [0.2, 0.25) is 5.02 Å². The summed E-state index contributed by atoms with van der Waals surface area (Å²) in [5.74, 6) is -0.0483. The maximum atomic E-state index is 12.6. The zero-order chi connectivity index (χ0) is 16.3. The number of likely N-dealkylation sites (tertiary alicyclic amines) is 1. The van der Waals surface area contributed by atoms with Crippen molar-refractivity contribution in [1.82, 2.24) is 4.90 Å². The highest BCUT2D eigenvalue weighted by molar-refractivity contribution is 6.30. The molecular weight excluding hydrogens is 312 g/mol. The molecule has 1 saturated heterocycles. The van der Waals surface area contributed by atoms with E-state index in [-0.39, 0.29) is 12.5 Å². The van der Waals surface area contributed by atoms with Crippen molar-refractivity contribution in [1.29, 1.82) is 0 Å². The van der Waals surface area contributed by atoms with Crippen LogP contribution in [0, 0.1) is 5.41 Å². The van der Waals surface area contributed by atoms with Gasteiger partial charge in [-0.3, -0.25) is 4.79 Å². The van der Waals surface area contributed by atoms with Gasteiger partial charge in [-0.25, -0.2) is 0 Å². The van der Waals surface area contributed by atoms with Crippen LogP contribution < -0.4 is 0 Å². The largest absolute Gasteiger partial charge is 0.345 e. The van der Waals surface area contributed by atoms with E-state index in [0.29, 0.717) is 24.4 Å². The highest BCUT2D eigenvalue weighted by Crippen LogP contribution is 2.28. The SMILES string of the molecule is CC(C)(Cc1cccc(Cl)c1)C(=O)N1CC[C@H](OC(F)F)C1. The third-order valence-corrected chi connectivity index (χ3v) is 4.08. The van der Waals surface area contributed by atoms with Gasteiger partial charge in [0.2, 0.25) is 5.91 Å². The quantitative estimate of drug-likeness (QED) is 0.822. The van der Waals surface area contributed by atoms with Crippen LogP contribution in [0.1, 0.15) is 25.8 Å². The van der Waals surface area contributed by atoms with E-state index in [1.165, 1.54) is 0 Å². The lowest BCUT2D eigenvalue weighted by Crippen LogP contribution is -2.41. The minimum atomic E-state index is -2.79. The highest BCUT2D eigenvalue weighted by atomic mass is 35.5. The molecule has 1 aromatic carbocycles. The lowest BCUT2D eigenvalue weighted by molar-refractivity contribution is -0.161. The number of hydrogen-bond acceptors (Lipinski definition) is 2. The Morgan fingerprint density at radius 1 is 1.50 bits per heavy atom. The van der Waals surface area contributed by atoms with Crippen LogP contribution in [0.4, 0.5) is 8.78 Å². The predicted molar refractivity (Wildman–Crippen MR) is 81.0 cm³/mol. The molecule has 1 aliphatic heterocycles. The lowest BCUT2D eigenvalue weighted by Gasteiger charge is -2.29. The van der Waals surface area contributed by atoms with E-state index in [1.807, 2.05) is 32.0 Å². The second-order valence-electron chi connectivity index (χ2n) is 6.25. The molecule has 0 N–H and O–H groups in total. The van der Waals surface area contributed by atoms with Crippen molar-refractivity contribution in [2.45, 2.75) is 39.4 Å². The molecule has 2 rings (SSSR count). The fourth-order valence-electron chi connectivity index (χ4n) is 2.83. The van der Waals surface area contributed by atoms with E-state index < -0.39 is 18.1 Å². The number of carbonyl (C=O) groups excluding carboxylic acids is 1. The number of alkyl halides is 2. The molecule has 0 radical (unpaired) electrons. The Kier molecular flexibility index (Phi) is 5.40. The number of hydrogen-bond donors (Lipinski definition) is 0. The summed E-state index contributed by atoms with van der Waals surface area (Å²) in [4.78, 5) is 14.2. The van der Waals surface area contributed by atoms with Gasteiger partial charge in [-0.1, -0.05) is 37.6 Å². The van der Waals surface area contributed by atoms with E-state index >= 15 is 0 Å². The Morgan fingerprint density at radius 3 is 2.86 bits per heavy atom. The zero-order valence-corrected chi connectivity index (χ0v) is 13.4. The summed E-state index contributed by atoms with van der Waals surface area (Å²) >= 11 is 5.97. The summed E-state index contributed by atoms with van der Waals surface area (Å²) < 4.78 is 29.0. The minimum absolute atomic E-state index is 0.0483. The summed E-state index contributed by atoms with van der Waals surface area (Å²) in [6, 6.07) is 7.39. The highest BCUT2D eigenvalue weighted by Gasteiger charge is 2.37. The fourth-order valence-corrected chi connectivity index (χ4v) is 3.04. The van der Waals surface area contributed by atoms with Gasteiger partial charge in [0, 0.05) is 23.5 Å². The topological polar surface area (TPSA) is 29.5 Å².